The van der Waals surface area contributed by atoms with Crippen molar-refractivity contribution >= 4 is 0 Å². The molecule has 1 rings (SSSR count). The molecule has 0 aromatic heterocycles. The first-order chi connectivity index (χ1) is 5.27. The zero-order valence-corrected chi connectivity index (χ0v) is 6.67. The third kappa shape index (κ3) is 1.71. The molecule has 0 saturated heterocycles. The zero-order valence-electron chi connectivity index (χ0n) is 6.67. The summed E-state index contributed by atoms with van der Waals surface area (Å²) in [5.74, 6) is 0.365. The van der Waals surface area contributed by atoms with Crippen LogP contribution in [0.3, 0.4) is 0 Å². The summed E-state index contributed by atoms with van der Waals surface area (Å²) in [6.45, 7) is 2.54. The molecule has 0 spiro atoms. The second-order valence-corrected chi connectivity index (χ2v) is 2.52. The fourth-order valence-electron chi connectivity index (χ4n) is 1.05. The summed E-state index contributed by atoms with van der Waals surface area (Å²) < 4.78 is 0. The van der Waals surface area contributed by atoms with Crippen molar-refractivity contribution in [3.05, 3.63) is 29.3 Å². The van der Waals surface area contributed by atoms with E-state index < -0.39 is 0 Å². The summed E-state index contributed by atoms with van der Waals surface area (Å²) in [5, 5.41) is 9.29. The summed E-state index contributed by atoms with van der Waals surface area (Å²) in [5.41, 5.74) is 7.48. The topological polar surface area (TPSA) is 46.2 Å². The highest BCUT2D eigenvalue weighted by molar-refractivity contribution is 5.35. The van der Waals surface area contributed by atoms with Crippen molar-refractivity contribution in [2.45, 2.75) is 19.9 Å². The minimum Gasteiger partial charge on any atom is -0.508 e. The highest BCUT2D eigenvalue weighted by Gasteiger charge is 1.98. The normalized spacial score (nSPS) is 10.0. The Bertz CT molecular complexity index is 245. The van der Waals surface area contributed by atoms with Crippen LogP contribution < -0.4 is 5.73 Å². The summed E-state index contributed by atoms with van der Waals surface area (Å²) in [6, 6.07) is 5.48. The lowest BCUT2D eigenvalue weighted by Gasteiger charge is -2.02. The van der Waals surface area contributed by atoms with Crippen LogP contribution >= 0.6 is 0 Å². The van der Waals surface area contributed by atoms with Crippen molar-refractivity contribution in [3.63, 3.8) is 0 Å². The second kappa shape index (κ2) is 3.39. The van der Waals surface area contributed by atoms with Gasteiger partial charge in [0.2, 0.25) is 0 Å². The van der Waals surface area contributed by atoms with Crippen LogP contribution in [0.2, 0.25) is 0 Å². The first kappa shape index (κ1) is 8.08. The molecule has 0 fully saturated rings. The number of hydrogen-bond donors (Lipinski definition) is 2. The van der Waals surface area contributed by atoms with E-state index in [0.717, 1.165) is 17.5 Å². The van der Waals surface area contributed by atoms with Crippen molar-refractivity contribution in [2.24, 2.45) is 5.73 Å². The number of benzene rings is 1. The maximum absolute atomic E-state index is 9.29. The van der Waals surface area contributed by atoms with Gasteiger partial charge in [-0.2, -0.15) is 0 Å². The Morgan fingerprint density at radius 1 is 1.45 bits per heavy atom. The number of aromatic hydroxyl groups is 1. The van der Waals surface area contributed by atoms with Crippen molar-refractivity contribution in [1.82, 2.24) is 0 Å². The average Bonchev–Trinajstić information content (AvgIpc) is 2.05. The molecule has 60 valence electrons. The Morgan fingerprint density at radius 3 is 2.73 bits per heavy atom. The lowest BCUT2D eigenvalue weighted by Crippen LogP contribution is -1.96. The Hall–Kier alpha value is -1.02. The summed E-state index contributed by atoms with van der Waals surface area (Å²) in [6.07, 6.45) is 0.847. The molecule has 0 bridgehead atoms. The smallest absolute Gasteiger partial charge is 0.118 e. The van der Waals surface area contributed by atoms with E-state index in [9.17, 15) is 5.11 Å². The Morgan fingerprint density at radius 2 is 2.18 bits per heavy atom. The standard InChI is InChI=1S/C9H13NO/c1-2-8-5-7(6-10)3-4-9(8)11/h3-5,11H,2,6,10H2,1H3. The monoisotopic (exact) mass is 151 g/mol. The molecule has 11 heavy (non-hydrogen) atoms. The fraction of sp³-hybridized carbons (Fsp3) is 0.333. The molecule has 0 saturated carbocycles. The number of rotatable bonds is 2. The van der Waals surface area contributed by atoms with E-state index in [2.05, 4.69) is 0 Å². The number of phenols is 1. The zero-order chi connectivity index (χ0) is 8.27. The molecule has 2 heteroatoms. The Labute approximate surface area is 66.7 Å². The molecule has 0 aliphatic rings. The Kier molecular flexibility index (Phi) is 2.49. The molecular weight excluding hydrogens is 138 g/mol. The van der Waals surface area contributed by atoms with Gasteiger partial charge in [-0.15, -0.1) is 0 Å². The molecule has 1 aromatic carbocycles. The minimum absolute atomic E-state index is 0.365. The van der Waals surface area contributed by atoms with Gasteiger partial charge in [-0.05, 0) is 23.6 Å². The molecule has 3 N–H and O–H groups in total. The van der Waals surface area contributed by atoms with E-state index in [1.54, 1.807) is 6.07 Å². The van der Waals surface area contributed by atoms with Crippen molar-refractivity contribution < 1.29 is 5.11 Å². The van der Waals surface area contributed by atoms with Crippen LogP contribution in [-0.4, -0.2) is 5.11 Å². The minimum atomic E-state index is 0.365. The maximum atomic E-state index is 9.29. The lowest BCUT2D eigenvalue weighted by molar-refractivity contribution is 0.468. The maximum Gasteiger partial charge on any atom is 0.118 e. The van der Waals surface area contributed by atoms with Gasteiger partial charge in [-0.3, -0.25) is 0 Å². The molecule has 0 atom stereocenters. The SMILES string of the molecule is CCc1cc(CN)ccc1O. The first-order valence-corrected chi connectivity index (χ1v) is 3.78. The van der Waals surface area contributed by atoms with Crippen LogP contribution in [0.15, 0.2) is 18.2 Å². The quantitative estimate of drug-likeness (QED) is 0.671. The van der Waals surface area contributed by atoms with Crippen LogP contribution in [0.5, 0.6) is 5.75 Å². The van der Waals surface area contributed by atoms with E-state index in [4.69, 9.17) is 5.73 Å². The van der Waals surface area contributed by atoms with Crippen molar-refractivity contribution in [2.75, 3.05) is 0 Å². The van der Waals surface area contributed by atoms with Gasteiger partial charge in [0.1, 0.15) is 5.75 Å². The van der Waals surface area contributed by atoms with Crippen LogP contribution in [0.25, 0.3) is 0 Å². The average molecular weight is 151 g/mol. The molecular formula is C9H13NO. The molecule has 0 heterocycles. The van der Waals surface area contributed by atoms with E-state index in [1.807, 2.05) is 19.1 Å². The predicted molar refractivity (Wildman–Crippen MR) is 45.4 cm³/mol. The van der Waals surface area contributed by atoms with E-state index >= 15 is 0 Å². The van der Waals surface area contributed by atoms with Crippen LogP contribution in [0.1, 0.15) is 18.1 Å². The summed E-state index contributed by atoms with van der Waals surface area (Å²) >= 11 is 0. The van der Waals surface area contributed by atoms with Crippen LogP contribution in [0.4, 0.5) is 0 Å². The van der Waals surface area contributed by atoms with Gasteiger partial charge < -0.3 is 10.8 Å². The Balaban J connectivity index is 3.02. The largest absolute Gasteiger partial charge is 0.508 e. The molecule has 2 nitrogen and oxygen atoms in total. The number of phenolic OH excluding ortho intramolecular Hbond substituents is 1. The predicted octanol–water partition coefficient (Wildman–Crippen LogP) is 1.41. The molecule has 0 aliphatic carbocycles. The molecule has 0 aliphatic heterocycles. The van der Waals surface area contributed by atoms with Crippen LogP contribution in [-0.2, 0) is 13.0 Å². The van der Waals surface area contributed by atoms with Gasteiger partial charge in [0, 0.05) is 6.54 Å². The van der Waals surface area contributed by atoms with E-state index in [1.165, 1.54) is 0 Å². The van der Waals surface area contributed by atoms with Crippen molar-refractivity contribution in [1.29, 1.82) is 0 Å². The number of hydrogen-bond acceptors (Lipinski definition) is 2. The highest BCUT2D eigenvalue weighted by atomic mass is 16.3. The van der Waals surface area contributed by atoms with Gasteiger partial charge in [0.25, 0.3) is 0 Å². The first-order valence-electron chi connectivity index (χ1n) is 3.78. The molecule has 0 amide bonds. The van der Waals surface area contributed by atoms with Gasteiger partial charge in [-0.25, -0.2) is 0 Å². The van der Waals surface area contributed by atoms with Gasteiger partial charge in [0.05, 0.1) is 0 Å². The molecule has 0 radical (unpaired) electrons. The number of aryl methyl sites for hydroxylation is 1. The lowest BCUT2D eigenvalue weighted by atomic mass is 10.1. The van der Waals surface area contributed by atoms with Gasteiger partial charge in [0.15, 0.2) is 0 Å². The summed E-state index contributed by atoms with van der Waals surface area (Å²) in [4.78, 5) is 0. The highest BCUT2D eigenvalue weighted by Crippen LogP contribution is 2.18. The van der Waals surface area contributed by atoms with E-state index in [-0.39, 0.29) is 0 Å². The summed E-state index contributed by atoms with van der Waals surface area (Å²) in [7, 11) is 0. The van der Waals surface area contributed by atoms with Gasteiger partial charge >= 0.3 is 0 Å². The van der Waals surface area contributed by atoms with Gasteiger partial charge in [-0.1, -0.05) is 19.1 Å². The second-order valence-electron chi connectivity index (χ2n) is 2.52. The van der Waals surface area contributed by atoms with Crippen LogP contribution in [0, 0.1) is 0 Å². The number of nitrogens with two attached hydrogens (primary N) is 1. The molecule has 1 aromatic rings. The van der Waals surface area contributed by atoms with E-state index in [0.29, 0.717) is 12.3 Å². The third-order valence-electron chi connectivity index (χ3n) is 1.76. The van der Waals surface area contributed by atoms with Crippen molar-refractivity contribution in [3.8, 4) is 5.75 Å². The fourth-order valence-corrected chi connectivity index (χ4v) is 1.05. The third-order valence-corrected chi connectivity index (χ3v) is 1.76. The molecule has 0 unspecified atom stereocenters.